The molecule has 5 heteroatoms. The van der Waals surface area contributed by atoms with Gasteiger partial charge in [0.15, 0.2) is 0 Å². The van der Waals surface area contributed by atoms with Crippen LogP contribution in [0.2, 0.25) is 0 Å². The van der Waals surface area contributed by atoms with Gasteiger partial charge in [-0.1, -0.05) is 24.3 Å². The smallest absolute Gasteiger partial charge is 0.222 e. The summed E-state index contributed by atoms with van der Waals surface area (Å²) in [5.74, 6) is 0.0272. The summed E-state index contributed by atoms with van der Waals surface area (Å²) in [5, 5.41) is 7.13. The summed E-state index contributed by atoms with van der Waals surface area (Å²) in [6.45, 7) is 6.35. The summed E-state index contributed by atoms with van der Waals surface area (Å²) in [7, 11) is 0. The van der Waals surface area contributed by atoms with Gasteiger partial charge in [-0.15, -0.1) is 0 Å². The first kappa shape index (κ1) is 16.2. The summed E-state index contributed by atoms with van der Waals surface area (Å²) in [5.41, 5.74) is 3.32. The van der Waals surface area contributed by atoms with Gasteiger partial charge in [-0.25, -0.2) is 0 Å². The SMILES string of the molecule is CCOCc1ccccc1CNC(=O)CCn1cc(C)cn1. The van der Waals surface area contributed by atoms with Crippen molar-refractivity contribution < 1.29 is 9.53 Å². The van der Waals surface area contributed by atoms with Crippen molar-refractivity contribution in [3.05, 3.63) is 53.3 Å². The first-order chi connectivity index (χ1) is 10.7. The lowest BCUT2D eigenvalue weighted by Crippen LogP contribution is -2.24. The van der Waals surface area contributed by atoms with Gasteiger partial charge in [-0.05, 0) is 30.5 Å². The summed E-state index contributed by atoms with van der Waals surface area (Å²) < 4.78 is 7.24. The maximum absolute atomic E-state index is 11.9. The van der Waals surface area contributed by atoms with E-state index in [1.807, 2.05) is 44.3 Å². The van der Waals surface area contributed by atoms with Gasteiger partial charge in [0.2, 0.25) is 5.91 Å². The number of hydrogen-bond acceptors (Lipinski definition) is 3. The van der Waals surface area contributed by atoms with Gasteiger partial charge in [0.25, 0.3) is 0 Å². The van der Waals surface area contributed by atoms with Crippen LogP contribution in [0.4, 0.5) is 0 Å². The fraction of sp³-hybridized carbons (Fsp3) is 0.412. The van der Waals surface area contributed by atoms with E-state index >= 15 is 0 Å². The number of ether oxygens (including phenoxy) is 1. The minimum atomic E-state index is 0.0272. The number of rotatable bonds is 8. The maximum atomic E-state index is 11.9. The van der Waals surface area contributed by atoms with Crippen molar-refractivity contribution in [2.24, 2.45) is 0 Å². The Morgan fingerprint density at radius 1 is 1.32 bits per heavy atom. The zero-order valence-corrected chi connectivity index (χ0v) is 13.2. The molecule has 0 atom stereocenters. The van der Waals surface area contributed by atoms with Gasteiger partial charge < -0.3 is 10.1 Å². The van der Waals surface area contributed by atoms with Crippen molar-refractivity contribution in [3.63, 3.8) is 0 Å². The van der Waals surface area contributed by atoms with E-state index in [2.05, 4.69) is 10.4 Å². The quantitative estimate of drug-likeness (QED) is 0.815. The number of carbonyl (C=O) groups excluding carboxylic acids is 1. The van der Waals surface area contributed by atoms with Crippen molar-refractivity contribution in [2.45, 2.75) is 40.0 Å². The topological polar surface area (TPSA) is 56.1 Å². The van der Waals surface area contributed by atoms with Crippen LogP contribution in [0, 0.1) is 6.92 Å². The van der Waals surface area contributed by atoms with Crippen LogP contribution in [0.1, 0.15) is 30.0 Å². The minimum absolute atomic E-state index is 0.0272. The highest BCUT2D eigenvalue weighted by Crippen LogP contribution is 2.10. The molecule has 5 nitrogen and oxygen atoms in total. The number of nitrogens with zero attached hydrogens (tertiary/aromatic N) is 2. The number of aromatic nitrogens is 2. The Bertz CT molecular complexity index is 607. The van der Waals surface area contributed by atoms with Crippen LogP contribution in [0.25, 0.3) is 0 Å². The summed E-state index contributed by atoms with van der Waals surface area (Å²) in [4.78, 5) is 11.9. The zero-order chi connectivity index (χ0) is 15.8. The number of hydrogen-bond donors (Lipinski definition) is 1. The Morgan fingerprint density at radius 3 is 2.77 bits per heavy atom. The second kappa shape index (κ2) is 8.34. The fourth-order valence-corrected chi connectivity index (χ4v) is 2.17. The highest BCUT2D eigenvalue weighted by molar-refractivity contribution is 5.75. The molecular formula is C17H23N3O2. The normalized spacial score (nSPS) is 10.6. The van der Waals surface area contributed by atoms with Gasteiger partial charge in [-0.3, -0.25) is 9.48 Å². The van der Waals surface area contributed by atoms with E-state index < -0.39 is 0 Å². The summed E-state index contributed by atoms with van der Waals surface area (Å²) in [6, 6.07) is 8.01. The molecule has 0 radical (unpaired) electrons. The van der Waals surface area contributed by atoms with Crippen molar-refractivity contribution in [3.8, 4) is 0 Å². The average molecular weight is 301 g/mol. The van der Waals surface area contributed by atoms with Gasteiger partial charge >= 0.3 is 0 Å². The molecule has 0 saturated heterocycles. The molecule has 0 aliphatic heterocycles. The molecule has 118 valence electrons. The van der Waals surface area contributed by atoms with Gasteiger partial charge in [-0.2, -0.15) is 5.10 Å². The molecule has 0 spiro atoms. The molecular weight excluding hydrogens is 278 g/mol. The van der Waals surface area contributed by atoms with E-state index in [0.717, 1.165) is 16.7 Å². The highest BCUT2D eigenvalue weighted by Gasteiger charge is 2.06. The molecule has 2 aromatic rings. The van der Waals surface area contributed by atoms with Gasteiger partial charge in [0, 0.05) is 32.3 Å². The van der Waals surface area contributed by atoms with Crippen molar-refractivity contribution in [1.82, 2.24) is 15.1 Å². The van der Waals surface area contributed by atoms with E-state index in [4.69, 9.17) is 4.74 Å². The third-order valence-electron chi connectivity index (χ3n) is 3.39. The largest absolute Gasteiger partial charge is 0.377 e. The lowest BCUT2D eigenvalue weighted by Gasteiger charge is -2.11. The Balaban J connectivity index is 1.80. The molecule has 1 amide bonds. The number of amides is 1. The van der Waals surface area contributed by atoms with E-state index in [9.17, 15) is 4.79 Å². The van der Waals surface area contributed by atoms with Crippen LogP contribution in [0.15, 0.2) is 36.7 Å². The average Bonchev–Trinajstić information content (AvgIpc) is 2.95. The van der Waals surface area contributed by atoms with Gasteiger partial charge in [0.05, 0.1) is 12.8 Å². The molecule has 1 heterocycles. The molecule has 1 N–H and O–H groups in total. The molecule has 0 saturated carbocycles. The van der Waals surface area contributed by atoms with Crippen LogP contribution in [-0.2, 0) is 29.2 Å². The van der Waals surface area contributed by atoms with Crippen LogP contribution < -0.4 is 5.32 Å². The zero-order valence-electron chi connectivity index (χ0n) is 13.2. The first-order valence-corrected chi connectivity index (χ1v) is 7.59. The predicted octanol–water partition coefficient (Wildman–Crippen LogP) is 2.43. The Labute approximate surface area is 131 Å². The van der Waals surface area contributed by atoms with Crippen LogP contribution in [0.3, 0.4) is 0 Å². The molecule has 1 aromatic heterocycles. The molecule has 0 bridgehead atoms. The molecule has 1 aromatic carbocycles. The predicted molar refractivity (Wildman–Crippen MR) is 85.2 cm³/mol. The molecule has 0 fully saturated rings. The number of benzene rings is 1. The standard InChI is InChI=1S/C17H23N3O2/c1-3-22-13-16-7-5-4-6-15(16)11-18-17(21)8-9-20-12-14(2)10-19-20/h4-7,10,12H,3,8-9,11,13H2,1-2H3,(H,18,21). The van der Waals surface area contributed by atoms with E-state index in [0.29, 0.717) is 32.7 Å². The summed E-state index contributed by atoms with van der Waals surface area (Å²) in [6.07, 6.45) is 4.15. The van der Waals surface area contributed by atoms with Crippen molar-refractivity contribution in [2.75, 3.05) is 6.61 Å². The molecule has 0 aliphatic rings. The number of carbonyl (C=O) groups is 1. The monoisotopic (exact) mass is 301 g/mol. The van der Waals surface area contributed by atoms with E-state index in [1.54, 1.807) is 10.9 Å². The Kier molecular flexibility index (Phi) is 6.15. The van der Waals surface area contributed by atoms with Crippen LogP contribution >= 0.6 is 0 Å². The molecule has 2 rings (SSSR count). The van der Waals surface area contributed by atoms with Crippen LogP contribution in [-0.4, -0.2) is 22.3 Å². The minimum Gasteiger partial charge on any atom is -0.377 e. The van der Waals surface area contributed by atoms with Crippen LogP contribution in [0.5, 0.6) is 0 Å². The molecule has 22 heavy (non-hydrogen) atoms. The van der Waals surface area contributed by atoms with Crippen molar-refractivity contribution in [1.29, 1.82) is 0 Å². The molecule has 0 aliphatic carbocycles. The summed E-state index contributed by atoms with van der Waals surface area (Å²) >= 11 is 0. The lowest BCUT2D eigenvalue weighted by atomic mass is 10.1. The fourth-order valence-electron chi connectivity index (χ4n) is 2.17. The molecule has 0 unspecified atom stereocenters. The lowest BCUT2D eigenvalue weighted by molar-refractivity contribution is -0.121. The second-order valence-electron chi connectivity index (χ2n) is 5.21. The first-order valence-electron chi connectivity index (χ1n) is 7.59. The van der Waals surface area contributed by atoms with Crippen molar-refractivity contribution >= 4 is 5.91 Å². The third-order valence-corrected chi connectivity index (χ3v) is 3.39. The van der Waals surface area contributed by atoms with E-state index in [-0.39, 0.29) is 5.91 Å². The number of aryl methyl sites for hydroxylation is 2. The van der Waals surface area contributed by atoms with E-state index in [1.165, 1.54) is 0 Å². The Morgan fingerprint density at radius 2 is 2.09 bits per heavy atom. The second-order valence-corrected chi connectivity index (χ2v) is 5.21. The Hall–Kier alpha value is -2.14. The highest BCUT2D eigenvalue weighted by atomic mass is 16.5. The third kappa shape index (κ3) is 5.00. The number of nitrogens with one attached hydrogen (secondary N) is 1. The maximum Gasteiger partial charge on any atom is 0.222 e. The van der Waals surface area contributed by atoms with Gasteiger partial charge in [0.1, 0.15) is 0 Å².